The molecular weight excluding hydrogens is 208 g/mol. The molecule has 0 N–H and O–H groups in total. The maximum atomic E-state index is 13.4. The van der Waals surface area contributed by atoms with Crippen molar-refractivity contribution < 1.29 is 8.78 Å². The van der Waals surface area contributed by atoms with Crippen molar-refractivity contribution in [2.24, 2.45) is 0 Å². The number of hydrogen-bond acceptors (Lipinski definition) is 1. The molecule has 86 valence electrons. The molecule has 1 aromatic carbocycles. The molecule has 0 saturated carbocycles. The third kappa shape index (κ3) is 2.92. The smallest absolute Gasteiger partial charge is 0.131 e. The molecule has 0 bridgehead atoms. The molecule has 0 unspecified atom stereocenters. The van der Waals surface area contributed by atoms with Crippen LogP contribution in [0.3, 0.4) is 0 Å². The van der Waals surface area contributed by atoms with Crippen LogP contribution in [0, 0.1) is 11.6 Å². The number of allylic oxidation sites excluding steroid dienone is 2. The van der Waals surface area contributed by atoms with Crippen LogP contribution in [0.5, 0.6) is 0 Å². The first-order valence-electron chi connectivity index (χ1n) is 4.91. The molecule has 16 heavy (non-hydrogen) atoms. The summed E-state index contributed by atoms with van der Waals surface area (Å²) in [6.07, 6.45) is 1.81. The zero-order valence-electron chi connectivity index (χ0n) is 9.72. The third-order valence-corrected chi connectivity index (χ3v) is 2.18. The van der Waals surface area contributed by atoms with Gasteiger partial charge in [0.05, 0.1) is 0 Å². The first kappa shape index (κ1) is 12.4. The van der Waals surface area contributed by atoms with Crippen LogP contribution in [0.25, 0.3) is 5.57 Å². The van der Waals surface area contributed by atoms with Gasteiger partial charge in [-0.05, 0) is 36.3 Å². The summed E-state index contributed by atoms with van der Waals surface area (Å²) in [7, 11) is 3.72. The molecule has 0 spiro atoms. The van der Waals surface area contributed by atoms with E-state index in [0.717, 1.165) is 23.8 Å². The molecule has 0 saturated heterocycles. The van der Waals surface area contributed by atoms with Gasteiger partial charge in [0.1, 0.15) is 11.6 Å². The Labute approximate surface area is 94.7 Å². The first-order chi connectivity index (χ1) is 7.41. The van der Waals surface area contributed by atoms with Crippen LogP contribution >= 0.6 is 0 Å². The average molecular weight is 223 g/mol. The minimum atomic E-state index is -0.463. The largest absolute Gasteiger partial charge is 0.383 e. The maximum Gasteiger partial charge on any atom is 0.131 e. The van der Waals surface area contributed by atoms with Gasteiger partial charge in [-0.25, -0.2) is 8.78 Å². The number of hydrogen-bond donors (Lipinski definition) is 0. The molecule has 0 aliphatic carbocycles. The van der Waals surface area contributed by atoms with Gasteiger partial charge in [0.2, 0.25) is 0 Å². The molecular formula is C13H15F2N. The summed E-state index contributed by atoms with van der Waals surface area (Å²) in [5, 5.41) is 0. The fourth-order valence-corrected chi connectivity index (χ4v) is 1.41. The zero-order valence-corrected chi connectivity index (χ0v) is 9.72. The summed E-state index contributed by atoms with van der Waals surface area (Å²) < 4.78 is 26.4. The Morgan fingerprint density at radius 1 is 1.31 bits per heavy atom. The van der Waals surface area contributed by atoms with Crippen LogP contribution in [-0.2, 0) is 0 Å². The molecule has 0 fully saturated rings. The summed E-state index contributed by atoms with van der Waals surface area (Å²) in [5.41, 5.74) is 1.50. The highest BCUT2D eigenvalue weighted by Gasteiger charge is 2.09. The van der Waals surface area contributed by atoms with Crippen molar-refractivity contribution in [1.29, 1.82) is 0 Å². The SMILES string of the molecule is C=C(/C(C)=C\N(C)C)c1cc(F)ccc1F. The summed E-state index contributed by atoms with van der Waals surface area (Å²) >= 11 is 0. The standard InChI is InChI=1S/C13H15F2N/c1-9(8-16(3)4)10(2)12-7-11(14)5-6-13(12)15/h5-8H,2H2,1,3-4H3/b9-8-. The van der Waals surface area contributed by atoms with E-state index in [0.29, 0.717) is 5.57 Å². The fourth-order valence-electron chi connectivity index (χ4n) is 1.41. The predicted molar refractivity (Wildman–Crippen MR) is 62.8 cm³/mol. The lowest BCUT2D eigenvalue weighted by molar-refractivity contribution is 0.560. The van der Waals surface area contributed by atoms with E-state index >= 15 is 0 Å². The minimum Gasteiger partial charge on any atom is -0.383 e. The molecule has 0 aliphatic rings. The second kappa shape index (κ2) is 4.92. The first-order valence-corrected chi connectivity index (χ1v) is 4.91. The molecule has 1 nitrogen and oxygen atoms in total. The lowest BCUT2D eigenvalue weighted by Crippen LogP contribution is -2.03. The number of nitrogens with zero attached hydrogens (tertiary/aromatic N) is 1. The van der Waals surface area contributed by atoms with Gasteiger partial charge in [-0.15, -0.1) is 0 Å². The molecule has 3 heteroatoms. The van der Waals surface area contributed by atoms with E-state index in [4.69, 9.17) is 0 Å². The Kier molecular flexibility index (Phi) is 3.82. The topological polar surface area (TPSA) is 3.24 Å². The van der Waals surface area contributed by atoms with Crippen LogP contribution < -0.4 is 0 Å². The second-order valence-corrected chi connectivity index (χ2v) is 3.88. The highest BCUT2D eigenvalue weighted by atomic mass is 19.1. The number of halogens is 2. The van der Waals surface area contributed by atoms with E-state index in [1.807, 2.05) is 32.1 Å². The van der Waals surface area contributed by atoms with Gasteiger partial charge in [0.15, 0.2) is 0 Å². The van der Waals surface area contributed by atoms with Crippen molar-refractivity contribution in [2.45, 2.75) is 6.92 Å². The highest BCUT2D eigenvalue weighted by Crippen LogP contribution is 2.24. The number of benzene rings is 1. The third-order valence-electron chi connectivity index (χ3n) is 2.18. The Balaban J connectivity index is 3.10. The summed E-state index contributed by atoms with van der Waals surface area (Å²) in [5.74, 6) is -0.923. The van der Waals surface area contributed by atoms with Crippen molar-refractivity contribution in [2.75, 3.05) is 14.1 Å². The molecule has 0 atom stereocenters. The van der Waals surface area contributed by atoms with Crippen molar-refractivity contribution in [3.63, 3.8) is 0 Å². The van der Waals surface area contributed by atoms with E-state index in [1.54, 1.807) is 0 Å². The molecule has 0 radical (unpaired) electrons. The van der Waals surface area contributed by atoms with E-state index in [9.17, 15) is 8.78 Å². The van der Waals surface area contributed by atoms with Gasteiger partial charge < -0.3 is 4.90 Å². The Hall–Kier alpha value is -1.64. The van der Waals surface area contributed by atoms with Crippen LogP contribution in [-0.4, -0.2) is 19.0 Å². The van der Waals surface area contributed by atoms with Gasteiger partial charge in [0, 0.05) is 25.9 Å². The van der Waals surface area contributed by atoms with E-state index in [2.05, 4.69) is 6.58 Å². The van der Waals surface area contributed by atoms with Gasteiger partial charge in [-0.3, -0.25) is 0 Å². The van der Waals surface area contributed by atoms with Crippen molar-refractivity contribution in [3.8, 4) is 0 Å². The number of rotatable bonds is 3. The second-order valence-electron chi connectivity index (χ2n) is 3.88. The highest BCUT2D eigenvalue weighted by molar-refractivity contribution is 5.76. The molecule has 0 aliphatic heterocycles. The zero-order chi connectivity index (χ0) is 12.3. The molecule has 0 aromatic heterocycles. The van der Waals surface area contributed by atoms with Crippen molar-refractivity contribution in [1.82, 2.24) is 4.90 Å². The lowest BCUT2D eigenvalue weighted by Gasteiger charge is -2.11. The van der Waals surface area contributed by atoms with Gasteiger partial charge in [-0.1, -0.05) is 6.58 Å². The van der Waals surface area contributed by atoms with Crippen LogP contribution in [0.15, 0.2) is 36.6 Å². The van der Waals surface area contributed by atoms with Crippen LogP contribution in [0.2, 0.25) is 0 Å². The maximum absolute atomic E-state index is 13.4. The van der Waals surface area contributed by atoms with Gasteiger partial charge in [-0.2, -0.15) is 0 Å². The fraction of sp³-hybridized carbons (Fsp3) is 0.231. The summed E-state index contributed by atoms with van der Waals surface area (Å²) in [6, 6.07) is 3.36. The average Bonchev–Trinajstić information content (AvgIpc) is 2.19. The Morgan fingerprint density at radius 3 is 2.50 bits per heavy atom. The van der Waals surface area contributed by atoms with Crippen molar-refractivity contribution in [3.05, 3.63) is 53.7 Å². The van der Waals surface area contributed by atoms with Crippen LogP contribution in [0.4, 0.5) is 8.78 Å². The monoisotopic (exact) mass is 223 g/mol. The Bertz CT molecular complexity index is 434. The minimum absolute atomic E-state index is 0.204. The van der Waals surface area contributed by atoms with Gasteiger partial charge >= 0.3 is 0 Å². The van der Waals surface area contributed by atoms with E-state index in [1.165, 1.54) is 0 Å². The summed E-state index contributed by atoms with van der Waals surface area (Å²) in [6.45, 7) is 5.59. The Morgan fingerprint density at radius 2 is 1.94 bits per heavy atom. The normalized spacial score (nSPS) is 11.4. The lowest BCUT2D eigenvalue weighted by atomic mass is 10.0. The van der Waals surface area contributed by atoms with Crippen LogP contribution in [0.1, 0.15) is 12.5 Å². The quantitative estimate of drug-likeness (QED) is 0.709. The molecule has 0 amide bonds. The molecule has 1 rings (SSSR count). The predicted octanol–water partition coefficient (Wildman–Crippen LogP) is 3.44. The van der Waals surface area contributed by atoms with E-state index < -0.39 is 11.6 Å². The molecule has 0 heterocycles. The molecule has 1 aromatic rings. The summed E-state index contributed by atoms with van der Waals surface area (Å²) in [4.78, 5) is 1.83. The van der Waals surface area contributed by atoms with Crippen molar-refractivity contribution >= 4 is 5.57 Å². The van der Waals surface area contributed by atoms with E-state index in [-0.39, 0.29) is 5.56 Å². The van der Waals surface area contributed by atoms with Gasteiger partial charge in [0.25, 0.3) is 0 Å².